The third-order valence-electron chi connectivity index (χ3n) is 2.52. The van der Waals surface area contributed by atoms with Crippen LogP contribution in [0.1, 0.15) is 0 Å². The van der Waals surface area contributed by atoms with Crippen molar-refractivity contribution < 1.29 is 4.74 Å². The summed E-state index contributed by atoms with van der Waals surface area (Å²) in [5.41, 5.74) is 0.823. The molecule has 1 fully saturated rings. The first-order valence-corrected chi connectivity index (χ1v) is 6.55. The van der Waals surface area contributed by atoms with E-state index in [-0.39, 0.29) is 0 Å². The Labute approximate surface area is 107 Å². The van der Waals surface area contributed by atoms with Gasteiger partial charge in [-0.3, -0.25) is 10.2 Å². The highest BCUT2D eigenvalue weighted by Gasteiger charge is 2.15. The van der Waals surface area contributed by atoms with Gasteiger partial charge in [0.1, 0.15) is 5.69 Å². The quantitative estimate of drug-likeness (QED) is 0.807. The van der Waals surface area contributed by atoms with Crippen LogP contribution in [-0.4, -0.2) is 46.5 Å². The van der Waals surface area contributed by atoms with E-state index in [1.807, 2.05) is 5.38 Å². The number of aromatic nitrogens is 4. The highest BCUT2D eigenvalue weighted by Crippen LogP contribution is 2.25. The van der Waals surface area contributed by atoms with Crippen molar-refractivity contribution in [2.45, 2.75) is 0 Å². The van der Waals surface area contributed by atoms with E-state index in [9.17, 15) is 0 Å². The maximum atomic E-state index is 5.31. The zero-order chi connectivity index (χ0) is 11.7. The van der Waals surface area contributed by atoms with Crippen LogP contribution in [0.25, 0.3) is 11.5 Å². The summed E-state index contributed by atoms with van der Waals surface area (Å²) < 4.78 is 5.76. The fraction of sp³-hybridized carbons (Fsp3) is 0.444. The van der Waals surface area contributed by atoms with Gasteiger partial charge in [0, 0.05) is 18.5 Å². The average molecular weight is 269 g/mol. The summed E-state index contributed by atoms with van der Waals surface area (Å²) in [5.74, 6) is 0.686. The summed E-state index contributed by atoms with van der Waals surface area (Å²) in [4.78, 5) is 10.9. The molecule has 0 radical (unpaired) electrons. The number of nitrogens with zero attached hydrogens (tertiary/aromatic N) is 3. The van der Waals surface area contributed by atoms with Crippen molar-refractivity contribution in [1.82, 2.24) is 20.2 Å². The second kappa shape index (κ2) is 4.55. The number of H-pyrrole nitrogens is 2. The molecule has 6 nitrogen and oxygen atoms in total. The van der Waals surface area contributed by atoms with Crippen LogP contribution >= 0.6 is 23.6 Å². The van der Waals surface area contributed by atoms with Crippen LogP contribution in [0, 0.1) is 4.77 Å². The molecule has 0 aromatic carbocycles. The van der Waals surface area contributed by atoms with Gasteiger partial charge in [-0.15, -0.1) is 11.3 Å². The number of nitrogens with one attached hydrogen (secondary N) is 2. The number of hydrogen-bond acceptors (Lipinski definition) is 6. The lowest BCUT2D eigenvalue weighted by Crippen LogP contribution is -2.36. The van der Waals surface area contributed by atoms with E-state index in [1.54, 1.807) is 11.3 Å². The number of morpholine rings is 1. The Morgan fingerprint density at radius 3 is 2.82 bits per heavy atom. The molecule has 0 unspecified atom stereocenters. The lowest BCUT2D eigenvalue weighted by molar-refractivity contribution is 0.122. The van der Waals surface area contributed by atoms with Gasteiger partial charge in [-0.05, 0) is 12.2 Å². The van der Waals surface area contributed by atoms with Crippen molar-refractivity contribution in [2.24, 2.45) is 0 Å². The summed E-state index contributed by atoms with van der Waals surface area (Å²) in [5, 5.41) is 8.65. The smallest absolute Gasteiger partial charge is 0.213 e. The van der Waals surface area contributed by atoms with Gasteiger partial charge in [0.2, 0.25) is 4.77 Å². The molecule has 0 atom stereocenters. The van der Waals surface area contributed by atoms with Crippen molar-refractivity contribution in [3.8, 4) is 11.5 Å². The molecule has 2 aromatic heterocycles. The predicted molar refractivity (Wildman–Crippen MR) is 67.9 cm³/mol. The highest BCUT2D eigenvalue weighted by atomic mass is 32.1. The molecule has 2 aromatic rings. The van der Waals surface area contributed by atoms with Crippen molar-refractivity contribution in [3.05, 3.63) is 10.2 Å². The molecule has 3 heterocycles. The monoisotopic (exact) mass is 269 g/mol. The topological polar surface area (TPSA) is 69.8 Å². The number of ether oxygens (including phenoxy) is 1. The first-order valence-electron chi connectivity index (χ1n) is 5.26. The molecular formula is C9H11N5OS2. The molecule has 3 rings (SSSR count). The van der Waals surface area contributed by atoms with Crippen LogP contribution in [0.4, 0.5) is 5.13 Å². The van der Waals surface area contributed by atoms with Gasteiger partial charge in [0.25, 0.3) is 0 Å². The molecule has 0 spiro atoms. The Bertz CT molecular complexity index is 553. The summed E-state index contributed by atoms with van der Waals surface area (Å²) in [6.07, 6.45) is 0. The second-order valence-electron chi connectivity index (χ2n) is 3.63. The van der Waals surface area contributed by atoms with E-state index in [1.165, 1.54) is 0 Å². The van der Waals surface area contributed by atoms with E-state index < -0.39 is 0 Å². The van der Waals surface area contributed by atoms with E-state index in [2.05, 4.69) is 25.1 Å². The van der Waals surface area contributed by atoms with Crippen LogP contribution in [0.2, 0.25) is 0 Å². The second-order valence-corrected chi connectivity index (χ2v) is 4.85. The molecule has 0 aliphatic carbocycles. The fourth-order valence-corrected chi connectivity index (χ4v) is 2.67. The van der Waals surface area contributed by atoms with Gasteiger partial charge in [-0.2, -0.15) is 4.98 Å². The predicted octanol–water partition coefficient (Wildman–Crippen LogP) is 1.43. The molecule has 0 bridgehead atoms. The van der Waals surface area contributed by atoms with Crippen LogP contribution in [0.15, 0.2) is 5.38 Å². The zero-order valence-electron chi connectivity index (χ0n) is 8.97. The van der Waals surface area contributed by atoms with E-state index in [4.69, 9.17) is 17.0 Å². The van der Waals surface area contributed by atoms with Crippen LogP contribution in [0.3, 0.4) is 0 Å². The Morgan fingerprint density at radius 2 is 2.12 bits per heavy atom. The van der Waals surface area contributed by atoms with E-state index >= 15 is 0 Å². The molecule has 1 aliphatic heterocycles. The molecule has 8 heteroatoms. The summed E-state index contributed by atoms with van der Waals surface area (Å²) >= 11 is 6.53. The van der Waals surface area contributed by atoms with Gasteiger partial charge in [-0.25, -0.2) is 4.98 Å². The molecule has 1 aliphatic rings. The third-order valence-corrected chi connectivity index (χ3v) is 3.61. The van der Waals surface area contributed by atoms with Crippen molar-refractivity contribution in [2.75, 3.05) is 31.2 Å². The van der Waals surface area contributed by atoms with Gasteiger partial charge in [0.15, 0.2) is 11.0 Å². The number of rotatable bonds is 2. The van der Waals surface area contributed by atoms with Crippen LogP contribution in [0.5, 0.6) is 0 Å². The third kappa shape index (κ3) is 2.24. The maximum absolute atomic E-state index is 5.31. The molecular weight excluding hydrogens is 258 g/mol. The maximum Gasteiger partial charge on any atom is 0.213 e. The highest BCUT2D eigenvalue weighted by molar-refractivity contribution is 7.71. The van der Waals surface area contributed by atoms with E-state index in [0.29, 0.717) is 10.6 Å². The largest absolute Gasteiger partial charge is 0.378 e. The average Bonchev–Trinajstić information content (AvgIpc) is 2.98. The lowest BCUT2D eigenvalue weighted by atomic mass is 10.4. The summed E-state index contributed by atoms with van der Waals surface area (Å²) in [6, 6.07) is 0. The Morgan fingerprint density at radius 1 is 1.29 bits per heavy atom. The van der Waals surface area contributed by atoms with Crippen LogP contribution in [-0.2, 0) is 4.74 Å². The fourth-order valence-electron chi connectivity index (χ4n) is 1.66. The molecule has 90 valence electrons. The normalized spacial score (nSPS) is 16.4. The number of aromatic amines is 2. The first-order chi connectivity index (χ1) is 8.33. The molecule has 2 N–H and O–H groups in total. The summed E-state index contributed by atoms with van der Waals surface area (Å²) in [7, 11) is 0. The van der Waals surface area contributed by atoms with Gasteiger partial charge in [-0.1, -0.05) is 0 Å². The van der Waals surface area contributed by atoms with Gasteiger partial charge < -0.3 is 9.64 Å². The van der Waals surface area contributed by atoms with Crippen molar-refractivity contribution in [1.29, 1.82) is 0 Å². The Kier molecular flexibility index (Phi) is 2.91. The standard InChI is InChI=1S/C9H11N5OS2/c16-8-11-7(12-13-8)6-5-17-9(10-6)14-1-3-15-4-2-14/h5H,1-4H2,(H2,11,12,13,16). The number of thiazole rings is 1. The van der Waals surface area contributed by atoms with E-state index in [0.717, 1.165) is 37.1 Å². The molecule has 17 heavy (non-hydrogen) atoms. The molecule has 0 saturated carbocycles. The summed E-state index contributed by atoms with van der Waals surface area (Å²) in [6.45, 7) is 3.31. The molecule has 1 saturated heterocycles. The minimum Gasteiger partial charge on any atom is -0.378 e. The van der Waals surface area contributed by atoms with Crippen LogP contribution < -0.4 is 4.90 Å². The Balaban J connectivity index is 1.84. The zero-order valence-corrected chi connectivity index (χ0v) is 10.6. The first kappa shape index (κ1) is 10.9. The Hall–Kier alpha value is -1.25. The lowest BCUT2D eigenvalue weighted by Gasteiger charge is -2.25. The van der Waals surface area contributed by atoms with Gasteiger partial charge in [0.05, 0.1) is 13.2 Å². The number of anilines is 1. The minimum atomic E-state index is 0.445. The SMILES string of the molecule is S=c1nc(-c2csc(N3CCOCC3)n2)[nH][nH]1. The molecule has 0 amide bonds. The van der Waals surface area contributed by atoms with Crippen molar-refractivity contribution >= 4 is 28.7 Å². The minimum absolute atomic E-state index is 0.445. The number of hydrogen-bond donors (Lipinski definition) is 2. The van der Waals surface area contributed by atoms with Crippen molar-refractivity contribution in [3.63, 3.8) is 0 Å². The van der Waals surface area contributed by atoms with Gasteiger partial charge >= 0.3 is 0 Å².